The Hall–Kier alpha value is -2.86. The van der Waals surface area contributed by atoms with Crippen LogP contribution in [-0.2, 0) is 14.3 Å². The highest BCUT2D eigenvalue weighted by Gasteiger charge is 2.41. The number of rotatable bonds is 6. The first-order chi connectivity index (χ1) is 14.1. The van der Waals surface area contributed by atoms with E-state index in [1.165, 1.54) is 4.90 Å². The van der Waals surface area contributed by atoms with E-state index >= 15 is 0 Å². The van der Waals surface area contributed by atoms with Gasteiger partial charge in [-0.1, -0.05) is 55.5 Å². The van der Waals surface area contributed by atoms with Gasteiger partial charge in [-0.15, -0.1) is 0 Å². The monoisotopic (exact) mass is 395 g/mol. The number of hydrogen-bond donors (Lipinski definition) is 1. The lowest BCUT2D eigenvalue weighted by Gasteiger charge is -2.22. The summed E-state index contributed by atoms with van der Waals surface area (Å²) in [6.07, 6.45) is 0.275. The van der Waals surface area contributed by atoms with Gasteiger partial charge in [0.1, 0.15) is 12.6 Å². The Bertz CT molecular complexity index is 866. The molecule has 1 aliphatic heterocycles. The summed E-state index contributed by atoms with van der Waals surface area (Å²) < 4.78 is 11.3. The molecule has 2 aromatic rings. The lowest BCUT2D eigenvalue weighted by Crippen LogP contribution is -2.41. The van der Waals surface area contributed by atoms with Crippen LogP contribution in [0.15, 0.2) is 48.5 Å². The zero-order valence-electron chi connectivity index (χ0n) is 16.4. The molecule has 0 spiro atoms. The third kappa shape index (κ3) is 3.72. The number of fused-ring (bicyclic) bond motifs is 3. The van der Waals surface area contributed by atoms with Crippen LogP contribution in [0, 0.1) is 0 Å². The second-order valence-electron chi connectivity index (χ2n) is 7.54. The van der Waals surface area contributed by atoms with Gasteiger partial charge >= 0.3 is 12.1 Å². The third-order valence-corrected chi connectivity index (χ3v) is 5.68. The van der Waals surface area contributed by atoms with Crippen LogP contribution in [0.5, 0.6) is 0 Å². The van der Waals surface area contributed by atoms with Gasteiger partial charge in [-0.3, -0.25) is 4.90 Å². The van der Waals surface area contributed by atoms with E-state index in [0.29, 0.717) is 13.0 Å². The molecule has 0 aromatic heterocycles. The molecular weight excluding hydrogens is 370 g/mol. The van der Waals surface area contributed by atoms with Gasteiger partial charge in [0.15, 0.2) is 0 Å². The molecule has 2 atom stereocenters. The lowest BCUT2D eigenvalue weighted by molar-refractivity contribution is -0.141. The van der Waals surface area contributed by atoms with Crippen molar-refractivity contribution in [3.63, 3.8) is 0 Å². The molecule has 1 heterocycles. The Kier molecular flexibility index (Phi) is 5.53. The van der Waals surface area contributed by atoms with Crippen LogP contribution >= 0.6 is 0 Å². The molecule has 2 aliphatic rings. The number of hydrogen-bond acceptors (Lipinski definition) is 4. The van der Waals surface area contributed by atoms with E-state index in [1.807, 2.05) is 31.2 Å². The Morgan fingerprint density at radius 3 is 2.28 bits per heavy atom. The largest absolute Gasteiger partial charge is 0.480 e. The quantitative estimate of drug-likeness (QED) is 0.803. The van der Waals surface area contributed by atoms with Gasteiger partial charge in [0.25, 0.3) is 0 Å². The minimum absolute atomic E-state index is 0.0515. The van der Waals surface area contributed by atoms with Crippen molar-refractivity contribution in [2.24, 2.45) is 0 Å². The first-order valence-corrected chi connectivity index (χ1v) is 10.1. The van der Waals surface area contributed by atoms with Crippen molar-refractivity contribution in [1.29, 1.82) is 0 Å². The number of likely N-dealkylation sites (tertiary alicyclic amines) is 1. The number of carbonyl (C=O) groups excluding carboxylic acids is 1. The average Bonchev–Trinajstić information content (AvgIpc) is 3.30. The predicted octanol–water partition coefficient (Wildman–Crippen LogP) is 3.89. The summed E-state index contributed by atoms with van der Waals surface area (Å²) in [4.78, 5) is 25.7. The second-order valence-corrected chi connectivity index (χ2v) is 7.54. The molecule has 2 aromatic carbocycles. The molecule has 1 fully saturated rings. The molecule has 1 amide bonds. The third-order valence-electron chi connectivity index (χ3n) is 5.68. The van der Waals surface area contributed by atoms with E-state index in [4.69, 9.17) is 9.47 Å². The Morgan fingerprint density at radius 2 is 1.69 bits per heavy atom. The molecular formula is C23H25NO5. The van der Waals surface area contributed by atoms with Crippen LogP contribution in [0.4, 0.5) is 4.79 Å². The van der Waals surface area contributed by atoms with Crippen molar-refractivity contribution in [1.82, 2.24) is 4.90 Å². The molecule has 4 rings (SSSR count). The molecule has 0 saturated carbocycles. The molecule has 1 aliphatic carbocycles. The number of nitrogens with zero attached hydrogens (tertiary/aromatic N) is 1. The Balaban J connectivity index is 1.47. The maximum absolute atomic E-state index is 12.7. The topological polar surface area (TPSA) is 76.1 Å². The second kappa shape index (κ2) is 8.25. The Morgan fingerprint density at radius 1 is 1.07 bits per heavy atom. The minimum atomic E-state index is -1.03. The van der Waals surface area contributed by atoms with Crippen LogP contribution in [-0.4, -0.2) is 54.0 Å². The van der Waals surface area contributed by atoms with Crippen LogP contribution in [0.3, 0.4) is 0 Å². The molecule has 6 nitrogen and oxygen atoms in total. The molecule has 0 unspecified atom stereocenters. The van der Waals surface area contributed by atoms with Gasteiger partial charge in [0.05, 0.1) is 12.6 Å². The van der Waals surface area contributed by atoms with Crippen LogP contribution < -0.4 is 0 Å². The molecule has 1 saturated heterocycles. The summed E-state index contributed by atoms with van der Waals surface area (Å²) in [5, 5.41) is 9.51. The molecule has 0 bridgehead atoms. The van der Waals surface area contributed by atoms with Gasteiger partial charge in [0, 0.05) is 18.9 Å². The highest BCUT2D eigenvalue weighted by Crippen LogP contribution is 2.44. The fraction of sp³-hybridized carbons (Fsp3) is 0.391. The number of benzene rings is 2. The van der Waals surface area contributed by atoms with Crippen molar-refractivity contribution in [2.45, 2.75) is 37.8 Å². The normalized spacial score (nSPS) is 20.4. The van der Waals surface area contributed by atoms with Crippen LogP contribution in [0.25, 0.3) is 11.1 Å². The molecule has 152 valence electrons. The van der Waals surface area contributed by atoms with Crippen molar-refractivity contribution in [2.75, 3.05) is 19.8 Å². The smallest absolute Gasteiger partial charge is 0.410 e. The first-order valence-electron chi connectivity index (χ1n) is 10.1. The van der Waals surface area contributed by atoms with E-state index in [2.05, 4.69) is 24.3 Å². The Labute approximate surface area is 170 Å². The van der Waals surface area contributed by atoms with Crippen molar-refractivity contribution in [3.05, 3.63) is 59.7 Å². The summed E-state index contributed by atoms with van der Waals surface area (Å²) in [6, 6.07) is 15.3. The number of aliphatic carboxylic acids is 1. The molecule has 0 radical (unpaired) electrons. The summed E-state index contributed by atoms with van der Waals surface area (Å²) in [5.41, 5.74) is 4.56. The zero-order valence-corrected chi connectivity index (χ0v) is 16.4. The number of carboxylic acids is 1. The number of carboxylic acid groups (broad SMARTS) is 1. The predicted molar refractivity (Wildman–Crippen MR) is 108 cm³/mol. The van der Waals surface area contributed by atoms with E-state index in [-0.39, 0.29) is 25.2 Å². The SMILES string of the molecule is CCCO[C@@H]1C[C@@H](C(=O)O)N(C(=O)OCC2c3ccccc3-c3ccccc32)C1. The highest BCUT2D eigenvalue weighted by atomic mass is 16.6. The fourth-order valence-electron chi connectivity index (χ4n) is 4.32. The highest BCUT2D eigenvalue weighted by molar-refractivity contribution is 5.81. The lowest BCUT2D eigenvalue weighted by atomic mass is 9.98. The number of carbonyl (C=O) groups is 2. The van der Waals surface area contributed by atoms with Gasteiger partial charge in [0.2, 0.25) is 0 Å². The maximum atomic E-state index is 12.7. The molecule has 29 heavy (non-hydrogen) atoms. The summed E-state index contributed by atoms with van der Waals surface area (Å²) in [5.74, 6) is -1.08. The van der Waals surface area contributed by atoms with Gasteiger partial charge in [-0.2, -0.15) is 0 Å². The van der Waals surface area contributed by atoms with Crippen molar-refractivity contribution < 1.29 is 24.2 Å². The molecule has 6 heteroatoms. The van der Waals surface area contributed by atoms with Crippen LogP contribution in [0.2, 0.25) is 0 Å². The summed E-state index contributed by atoms with van der Waals surface area (Å²) >= 11 is 0. The maximum Gasteiger partial charge on any atom is 0.410 e. The van der Waals surface area contributed by atoms with Gasteiger partial charge in [-0.25, -0.2) is 9.59 Å². The summed E-state index contributed by atoms with van der Waals surface area (Å²) in [7, 11) is 0. The summed E-state index contributed by atoms with van der Waals surface area (Å²) in [6.45, 7) is 2.96. The van der Waals surface area contributed by atoms with E-state index < -0.39 is 18.1 Å². The molecule has 1 N–H and O–H groups in total. The minimum Gasteiger partial charge on any atom is -0.480 e. The standard InChI is InChI=1S/C23H25NO5/c1-2-11-28-15-12-21(22(25)26)24(13-15)23(27)29-14-20-18-9-5-3-7-16(18)17-8-4-6-10-19(17)20/h3-10,15,20-21H,2,11-14H2,1H3,(H,25,26)/t15-,21+/m1/s1. The van der Waals surface area contributed by atoms with Crippen molar-refractivity contribution >= 4 is 12.1 Å². The number of ether oxygens (including phenoxy) is 2. The fourth-order valence-corrected chi connectivity index (χ4v) is 4.32. The zero-order chi connectivity index (χ0) is 20.4. The van der Waals surface area contributed by atoms with Gasteiger partial charge < -0.3 is 14.6 Å². The van der Waals surface area contributed by atoms with Crippen molar-refractivity contribution in [3.8, 4) is 11.1 Å². The van der Waals surface area contributed by atoms with E-state index in [1.54, 1.807) is 0 Å². The van der Waals surface area contributed by atoms with Gasteiger partial charge in [-0.05, 0) is 28.7 Å². The van der Waals surface area contributed by atoms with E-state index in [0.717, 1.165) is 28.7 Å². The first kappa shape index (κ1) is 19.5. The van der Waals surface area contributed by atoms with E-state index in [9.17, 15) is 14.7 Å². The average molecular weight is 395 g/mol. The van der Waals surface area contributed by atoms with Crippen LogP contribution in [0.1, 0.15) is 36.8 Å². The number of amides is 1.